The summed E-state index contributed by atoms with van der Waals surface area (Å²) in [5.41, 5.74) is 1.78. The second kappa shape index (κ2) is 10.6. The molecule has 0 atom stereocenters. The number of nitrogens with one attached hydrogen (secondary N) is 1. The summed E-state index contributed by atoms with van der Waals surface area (Å²) in [5.74, 6) is -0.652. The third-order valence-corrected chi connectivity index (χ3v) is 5.78. The van der Waals surface area contributed by atoms with Gasteiger partial charge >= 0.3 is 0 Å². The first-order chi connectivity index (χ1) is 16.5. The zero-order valence-electron chi connectivity index (χ0n) is 17.8. The van der Waals surface area contributed by atoms with Crippen LogP contribution in [0.1, 0.15) is 21.7 Å². The van der Waals surface area contributed by atoms with Crippen LogP contribution >= 0.6 is 11.8 Å². The summed E-state index contributed by atoms with van der Waals surface area (Å²) in [7, 11) is 0. The molecule has 0 saturated heterocycles. The molecule has 0 radical (unpaired) electrons. The number of hydrogen-bond donors (Lipinski definition) is 1. The highest BCUT2D eigenvalue weighted by Crippen LogP contribution is 2.24. The Bertz CT molecular complexity index is 1360. The molecule has 1 aromatic heterocycles. The second-order valence-corrected chi connectivity index (χ2v) is 8.12. The summed E-state index contributed by atoms with van der Waals surface area (Å²) < 4.78 is 15.6. The number of para-hydroxylation sites is 2. The van der Waals surface area contributed by atoms with E-state index in [0.29, 0.717) is 22.1 Å². The van der Waals surface area contributed by atoms with Gasteiger partial charge in [-0.3, -0.25) is 14.2 Å². The van der Waals surface area contributed by atoms with Crippen LogP contribution in [0.25, 0.3) is 5.69 Å². The Balaban J connectivity index is 1.53. The van der Waals surface area contributed by atoms with Gasteiger partial charge in [-0.05, 0) is 36.4 Å². The van der Waals surface area contributed by atoms with Crippen LogP contribution in [0.4, 0.5) is 10.1 Å². The van der Waals surface area contributed by atoms with Gasteiger partial charge in [-0.15, -0.1) is 10.2 Å². The van der Waals surface area contributed by atoms with Crippen LogP contribution in [0.15, 0.2) is 84.0 Å². The Labute approximate surface area is 199 Å². The number of Topliss-reactive ketones (excluding diaryl/α,β-unsaturated/α-hetero) is 1. The minimum atomic E-state index is -0.530. The highest BCUT2D eigenvalue weighted by molar-refractivity contribution is 7.99. The van der Waals surface area contributed by atoms with E-state index in [1.165, 1.54) is 23.9 Å². The molecule has 1 heterocycles. The lowest BCUT2D eigenvalue weighted by atomic mass is 10.1. The molecule has 0 bridgehead atoms. The van der Waals surface area contributed by atoms with Crippen molar-refractivity contribution in [3.05, 3.63) is 102 Å². The van der Waals surface area contributed by atoms with Gasteiger partial charge in [0.2, 0.25) is 5.91 Å². The molecule has 0 spiro atoms. The summed E-state index contributed by atoms with van der Waals surface area (Å²) in [4.78, 5) is 25.2. The molecule has 0 unspecified atom stereocenters. The van der Waals surface area contributed by atoms with Crippen molar-refractivity contribution < 1.29 is 14.0 Å². The number of halogens is 1. The molecule has 1 N–H and O–H groups in total. The molecule has 0 aliphatic rings. The first-order valence-electron chi connectivity index (χ1n) is 10.3. The van der Waals surface area contributed by atoms with Gasteiger partial charge < -0.3 is 5.32 Å². The average molecular weight is 472 g/mol. The number of rotatable bonds is 8. The molecule has 0 aliphatic carbocycles. The van der Waals surface area contributed by atoms with Crippen molar-refractivity contribution in [2.45, 2.75) is 11.6 Å². The second-order valence-electron chi connectivity index (χ2n) is 7.18. The summed E-state index contributed by atoms with van der Waals surface area (Å²) in [6.07, 6.45) is -0.139. The zero-order chi connectivity index (χ0) is 23.9. The van der Waals surface area contributed by atoms with Gasteiger partial charge in [0.1, 0.15) is 11.6 Å². The Morgan fingerprint density at radius 3 is 2.38 bits per heavy atom. The Morgan fingerprint density at radius 2 is 1.68 bits per heavy atom. The molecule has 4 aromatic rings. The van der Waals surface area contributed by atoms with E-state index in [1.807, 2.05) is 36.4 Å². The van der Waals surface area contributed by atoms with E-state index in [4.69, 9.17) is 5.26 Å². The molecule has 1 amide bonds. The maximum absolute atomic E-state index is 13.9. The van der Waals surface area contributed by atoms with Crippen LogP contribution < -0.4 is 5.32 Å². The highest BCUT2D eigenvalue weighted by Gasteiger charge is 2.19. The lowest BCUT2D eigenvalue weighted by molar-refractivity contribution is -0.115. The highest BCUT2D eigenvalue weighted by atomic mass is 32.2. The number of thioether (sulfide) groups is 1. The fourth-order valence-electron chi connectivity index (χ4n) is 3.19. The van der Waals surface area contributed by atoms with Crippen molar-refractivity contribution >= 4 is 29.1 Å². The number of nitrogens with zero attached hydrogens (tertiary/aromatic N) is 4. The lowest BCUT2D eigenvalue weighted by Crippen LogP contribution is -2.18. The number of ketones is 1. The monoisotopic (exact) mass is 471 g/mol. The van der Waals surface area contributed by atoms with Gasteiger partial charge in [0.05, 0.1) is 29.5 Å². The first-order valence-corrected chi connectivity index (χ1v) is 11.2. The number of benzene rings is 3. The number of carbonyl (C=O) groups is 2. The molecule has 9 heteroatoms. The van der Waals surface area contributed by atoms with Crippen LogP contribution in [-0.4, -0.2) is 32.2 Å². The normalized spacial score (nSPS) is 10.5. The maximum Gasteiger partial charge on any atom is 0.232 e. The van der Waals surface area contributed by atoms with Crippen molar-refractivity contribution in [3.8, 4) is 11.8 Å². The van der Waals surface area contributed by atoms with E-state index in [0.717, 1.165) is 5.69 Å². The minimum Gasteiger partial charge on any atom is -0.323 e. The van der Waals surface area contributed by atoms with Crippen LogP contribution in [0, 0.1) is 17.1 Å². The standard InChI is InChI=1S/C25H18FN5O2S/c26-20-8-4-5-9-21(20)28-24(33)14-23-29-30-25(31(23)19-6-2-1-3-7-19)34-16-22(32)18-12-10-17(15-27)11-13-18/h1-13H,14,16H2,(H,28,33). The summed E-state index contributed by atoms with van der Waals surface area (Å²) in [5, 5.41) is 20.3. The topological polar surface area (TPSA) is 101 Å². The number of hydrogen-bond acceptors (Lipinski definition) is 6. The van der Waals surface area contributed by atoms with E-state index >= 15 is 0 Å². The summed E-state index contributed by atoms with van der Waals surface area (Å²) in [6.45, 7) is 0. The number of nitriles is 1. The van der Waals surface area contributed by atoms with Crippen molar-refractivity contribution in [3.63, 3.8) is 0 Å². The molecular weight excluding hydrogens is 453 g/mol. The van der Waals surface area contributed by atoms with E-state index in [-0.39, 0.29) is 23.6 Å². The van der Waals surface area contributed by atoms with Crippen molar-refractivity contribution in [1.29, 1.82) is 5.26 Å². The number of carbonyl (C=O) groups excluding carboxylic acids is 2. The zero-order valence-corrected chi connectivity index (χ0v) is 18.6. The Hall–Kier alpha value is -4.29. The van der Waals surface area contributed by atoms with E-state index < -0.39 is 11.7 Å². The van der Waals surface area contributed by atoms with Crippen molar-refractivity contribution in [1.82, 2.24) is 14.8 Å². The van der Waals surface area contributed by atoms with Gasteiger partial charge in [-0.2, -0.15) is 5.26 Å². The number of aromatic nitrogens is 3. The fraction of sp³-hybridized carbons (Fsp3) is 0.0800. The predicted molar refractivity (Wildman–Crippen MR) is 126 cm³/mol. The lowest BCUT2D eigenvalue weighted by Gasteiger charge is -2.11. The van der Waals surface area contributed by atoms with E-state index in [2.05, 4.69) is 15.5 Å². The van der Waals surface area contributed by atoms with Gasteiger partial charge in [0.25, 0.3) is 0 Å². The Kier molecular flexibility index (Phi) is 7.10. The van der Waals surface area contributed by atoms with Gasteiger partial charge in [0.15, 0.2) is 10.9 Å². The smallest absolute Gasteiger partial charge is 0.232 e. The maximum atomic E-state index is 13.9. The fourth-order valence-corrected chi connectivity index (χ4v) is 4.05. The predicted octanol–water partition coefficient (Wildman–Crippen LogP) is 4.43. The quantitative estimate of drug-likeness (QED) is 0.301. The van der Waals surface area contributed by atoms with Crippen molar-refractivity contribution in [2.75, 3.05) is 11.1 Å². The molecule has 0 fully saturated rings. The van der Waals surface area contributed by atoms with Crippen LogP contribution in [0.2, 0.25) is 0 Å². The molecule has 3 aromatic carbocycles. The summed E-state index contributed by atoms with van der Waals surface area (Å²) >= 11 is 1.19. The molecule has 34 heavy (non-hydrogen) atoms. The van der Waals surface area contributed by atoms with Gasteiger partial charge in [-0.25, -0.2) is 4.39 Å². The molecule has 168 valence electrons. The Morgan fingerprint density at radius 1 is 0.971 bits per heavy atom. The number of anilines is 1. The molecule has 0 saturated carbocycles. The van der Waals surface area contributed by atoms with E-state index in [1.54, 1.807) is 41.0 Å². The molecule has 4 rings (SSSR count). The van der Waals surface area contributed by atoms with E-state index in [9.17, 15) is 14.0 Å². The van der Waals surface area contributed by atoms with Gasteiger partial charge in [0, 0.05) is 11.3 Å². The third-order valence-electron chi connectivity index (χ3n) is 4.85. The van der Waals surface area contributed by atoms with Crippen LogP contribution in [-0.2, 0) is 11.2 Å². The first kappa shape index (κ1) is 22.9. The SMILES string of the molecule is N#Cc1ccc(C(=O)CSc2nnc(CC(=O)Nc3ccccc3F)n2-c2ccccc2)cc1. The average Bonchev–Trinajstić information content (AvgIpc) is 3.26. The summed E-state index contributed by atoms with van der Waals surface area (Å²) in [6, 6.07) is 23.6. The number of amides is 1. The van der Waals surface area contributed by atoms with Crippen molar-refractivity contribution in [2.24, 2.45) is 0 Å². The third kappa shape index (κ3) is 5.36. The largest absolute Gasteiger partial charge is 0.323 e. The van der Waals surface area contributed by atoms with Crippen LogP contribution in [0.3, 0.4) is 0 Å². The molecule has 7 nitrogen and oxygen atoms in total. The van der Waals surface area contributed by atoms with Crippen LogP contribution in [0.5, 0.6) is 0 Å². The molecular formula is C25H18FN5O2S. The molecule has 0 aliphatic heterocycles. The minimum absolute atomic E-state index is 0.0842. The van der Waals surface area contributed by atoms with Gasteiger partial charge in [-0.1, -0.05) is 54.2 Å².